The average Bonchev–Trinajstić information content (AvgIpc) is 3.30. The molecule has 2 saturated carbocycles. The summed E-state index contributed by atoms with van der Waals surface area (Å²) in [7, 11) is 0. The van der Waals surface area contributed by atoms with Crippen LogP contribution in [-0.4, -0.2) is 12.6 Å². The van der Waals surface area contributed by atoms with E-state index in [0.29, 0.717) is 17.9 Å². The molecule has 2 aliphatic rings. The number of hydrogen-bond donors (Lipinski definition) is 1. The Hall–Kier alpha value is -1.02. The van der Waals surface area contributed by atoms with Crippen LogP contribution in [0.1, 0.15) is 57.4 Å². The molecule has 0 spiro atoms. The molecule has 3 unspecified atom stereocenters. The van der Waals surface area contributed by atoms with E-state index < -0.39 is 0 Å². The lowest BCUT2D eigenvalue weighted by molar-refractivity contribution is 0.197. The fourth-order valence-electron chi connectivity index (χ4n) is 3.76. The van der Waals surface area contributed by atoms with E-state index in [1.165, 1.54) is 37.7 Å². The van der Waals surface area contributed by atoms with E-state index in [1.54, 1.807) is 0 Å². The predicted molar refractivity (Wildman–Crippen MR) is 87.6 cm³/mol. The Kier molecular flexibility index (Phi) is 4.54. The van der Waals surface area contributed by atoms with E-state index in [-0.39, 0.29) is 0 Å². The largest absolute Gasteiger partial charge is 0.490 e. The Balaban J connectivity index is 1.77. The van der Waals surface area contributed by atoms with Crippen LogP contribution in [-0.2, 0) is 0 Å². The number of rotatable bonds is 5. The molecule has 0 aromatic heterocycles. The summed E-state index contributed by atoms with van der Waals surface area (Å²) in [6.07, 6.45) is 6.81. The van der Waals surface area contributed by atoms with Gasteiger partial charge in [-0.1, -0.05) is 26.0 Å². The Morgan fingerprint density at radius 3 is 2.67 bits per heavy atom. The Morgan fingerprint density at radius 1 is 1.19 bits per heavy atom. The van der Waals surface area contributed by atoms with Gasteiger partial charge in [0.1, 0.15) is 5.75 Å². The molecule has 2 N–H and O–H groups in total. The summed E-state index contributed by atoms with van der Waals surface area (Å²) in [6, 6.07) is 8.80. The van der Waals surface area contributed by atoms with Gasteiger partial charge in [0, 0.05) is 0 Å². The van der Waals surface area contributed by atoms with Crippen molar-refractivity contribution in [1.29, 1.82) is 0 Å². The van der Waals surface area contributed by atoms with Gasteiger partial charge in [-0.2, -0.15) is 0 Å². The van der Waals surface area contributed by atoms with Crippen molar-refractivity contribution in [2.24, 2.45) is 23.5 Å². The summed E-state index contributed by atoms with van der Waals surface area (Å²) in [5.41, 5.74) is 7.49. The molecule has 2 aliphatic carbocycles. The monoisotopic (exact) mass is 287 g/mol. The van der Waals surface area contributed by atoms with Gasteiger partial charge in [-0.05, 0) is 80.0 Å². The smallest absolute Gasteiger partial charge is 0.120 e. The lowest BCUT2D eigenvalue weighted by Crippen LogP contribution is -2.30. The van der Waals surface area contributed by atoms with Gasteiger partial charge in [0.05, 0.1) is 6.10 Å². The third kappa shape index (κ3) is 3.60. The Morgan fingerprint density at radius 2 is 2.00 bits per heavy atom. The minimum absolute atomic E-state index is 0.473. The summed E-state index contributed by atoms with van der Waals surface area (Å²) in [6.45, 7) is 5.53. The summed E-state index contributed by atoms with van der Waals surface area (Å²) >= 11 is 0. The Labute approximate surface area is 129 Å². The Bertz CT molecular complexity index is 466. The maximum absolute atomic E-state index is 6.05. The van der Waals surface area contributed by atoms with Crippen LogP contribution in [0.15, 0.2) is 24.3 Å². The molecule has 0 amide bonds. The summed E-state index contributed by atoms with van der Waals surface area (Å²) in [5.74, 6) is 3.91. The van der Waals surface area contributed by atoms with Crippen molar-refractivity contribution < 1.29 is 4.74 Å². The van der Waals surface area contributed by atoms with E-state index in [2.05, 4.69) is 38.1 Å². The van der Waals surface area contributed by atoms with Crippen LogP contribution in [0, 0.1) is 17.8 Å². The van der Waals surface area contributed by atoms with Crippen LogP contribution in [0.5, 0.6) is 5.75 Å². The van der Waals surface area contributed by atoms with Gasteiger partial charge in [-0.25, -0.2) is 0 Å². The first-order valence-corrected chi connectivity index (χ1v) is 8.64. The second kappa shape index (κ2) is 6.39. The van der Waals surface area contributed by atoms with E-state index in [4.69, 9.17) is 10.5 Å². The van der Waals surface area contributed by atoms with Crippen LogP contribution < -0.4 is 10.5 Å². The lowest BCUT2D eigenvalue weighted by atomic mass is 9.68. The highest BCUT2D eigenvalue weighted by molar-refractivity contribution is 5.32. The molecule has 0 bridgehead atoms. The van der Waals surface area contributed by atoms with E-state index >= 15 is 0 Å². The van der Waals surface area contributed by atoms with Gasteiger partial charge in [-0.15, -0.1) is 0 Å². The highest BCUT2D eigenvalue weighted by Crippen LogP contribution is 2.43. The molecule has 21 heavy (non-hydrogen) atoms. The molecule has 0 heterocycles. The lowest BCUT2D eigenvalue weighted by Gasteiger charge is -2.38. The SMILES string of the molecule is CC(C)C1CCC(CN)C(c2cccc(OC3CC3)c2)C1. The van der Waals surface area contributed by atoms with Crippen LogP contribution >= 0.6 is 0 Å². The van der Waals surface area contributed by atoms with Crippen molar-refractivity contribution in [3.63, 3.8) is 0 Å². The molecule has 0 aliphatic heterocycles. The van der Waals surface area contributed by atoms with Crippen LogP contribution in [0.25, 0.3) is 0 Å². The van der Waals surface area contributed by atoms with Gasteiger partial charge < -0.3 is 10.5 Å². The molecule has 3 atom stereocenters. The van der Waals surface area contributed by atoms with Gasteiger partial charge in [-0.3, -0.25) is 0 Å². The molecule has 0 saturated heterocycles. The highest BCUT2D eigenvalue weighted by Gasteiger charge is 2.32. The summed E-state index contributed by atoms with van der Waals surface area (Å²) in [5, 5.41) is 0. The van der Waals surface area contributed by atoms with E-state index in [9.17, 15) is 0 Å². The quantitative estimate of drug-likeness (QED) is 0.874. The van der Waals surface area contributed by atoms with Gasteiger partial charge in [0.25, 0.3) is 0 Å². The molecular formula is C19H29NO. The zero-order valence-corrected chi connectivity index (χ0v) is 13.4. The molecule has 0 radical (unpaired) electrons. The van der Waals surface area contributed by atoms with E-state index in [0.717, 1.165) is 24.1 Å². The van der Waals surface area contributed by atoms with Crippen molar-refractivity contribution in [3.8, 4) is 5.75 Å². The topological polar surface area (TPSA) is 35.2 Å². The molecular weight excluding hydrogens is 258 g/mol. The third-order valence-corrected chi connectivity index (χ3v) is 5.39. The van der Waals surface area contributed by atoms with Crippen LogP contribution in [0.2, 0.25) is 0 Å². The van der Waals surface area contributed by atoms with Gasteiger partial charge in [0.15, 0.2) is 0 Å². The number of ether oxygens (including phenoxy) is 1. The molecule has 1 aromatic carbocycles. The first-order valence-electron chi connectivity index (χ1n) is 8.64. The molecule has 3 rings (SSSR count). The van der Waals surface area contributed by atoms with Gasteiger partial charge in [0.2, 0.25) is 0 Å². The number of hydrogen-bond acceptors (Lipinski definition) is 2. The molecule has 2 fully saturated rings. The maximum atomic E-state index is 6.05. The van der Waals surface area contributed by atoms with Crippen molar-refractivity contribution in [2.75, 3.05) is 6.54 Å². The zero-order chi connectivity index (χ0) is 14.8. The fourth-order valence-corrected chi connectivity index (χ4v) is 3.76. The second-order valence-corrected chi connectivity index (χ2v) is 7.31. The highest BCUT2D eigenvalue weighted by atomic mass is 16.5. The first kappa shape index (κ1) is 14.9. The van der Waals surface area contributed by atoms with Crippen molar-refractivity contribution in [3.05, 3.63) is 29.8 Å². The average molecular weight is 287 g/mol. The minimum Gasteiger partial charge on any atom is -0.490 e. The van der Waals surface area contributed by atoms with Crippen molar-refractivity contribution in [2.45, 2.75) is 58.0 Å². The normalized spacial score (nSPS) is 29.6. The number of nitrogens with two attached hydrogens (primary N) is 1. The molecule has 116 valence electrons. The molecule has 2 nitrogen and oxygen atoms in total. The van der Waals surface area contributed by atoms with E-state index in [1.807, 2.05) is 0 Å². The maximum Gasteiger partial charge on any atom is 0.120 e. The van der Waals surface area contributed by atoms with Gasteiger partial charge >= 0.3 is 0 Å². The van der Waals surface area contributed by atoms with Crippen molar-refractivity contribution >= 4 is 0 Å². The predicted octanol–water partition coefficient (Wildman–Crippen LogP) is 4.34. The van der Waals surface area contributed by atoms with Crippen molar-refractivity contribution in [1.82, 2.24) is 0 Å². The zero-order valence-electron chi connectivity index (χ0n) is 13.4. The fraction of sp³-hybridized carbons (Fsp3) is 0.684. The summed E-state index contributed by atoms with van der Waals surface area (Å²) in [4.78, 5) is 0. The molecule has 1 aromatic rings. The minimum atomic E-state index is 0.473. The standard InChI is InChI=1S/C19H29NO/c1-13(2)14-6-7-16(12-20)19(11-14)15-4-3-5-18(10-15)21-17-8-9-17/h3-5,10,13-14,16-17,19H,6-9,11-12,20H2,1-2H3. The third-order valence-electron chi connectivity index (χ3n) is 5.39. The first-order chi connectivity index (χ1) is 10.2. The van der Waals surface area contributed by atoms with Crippen LogP contribution in [0.3, 0.4) is 0 Å². The van der Waals surface area contributed by atoms with Crippen LogP contribution in [0.4, 0.5) is 0 Å². The number of benzene rings is 1. The summed E-state index contributed by atoms with van der Waals surface area (Å²) < 4.78 is 5.97. The second-order valence-electron chi connectivity index (χ2n) is 7.31. The molecule has 2 heteroatoms.